The Morgan fingerprint density at radius 1 is 1.28 bits per heavy atom. The lowest BCUT2D eigenvalue weighted by Gasteiger charge is -2.27. The lowest BCUT2D eigenvalue weighted by atomic mass is 9.83. The number of rotatable bonds is 4. The van der Waals surface area contributed by atoms with E-state index in [0.717, 1.165) is 12.8 Å². The van der Waals surface area contributed by atoms with Crippen LogP contribution in [-0.2, 0) is 14.8 Å². The largest absolute Gasteiger partial charge is 0.307 e. The third kappa shape index (κ3) is 1.91. The van der Waals surface area contributed by atoms with E-state index >= 15 is 0 Å². The van der Waals surface area contributed by atoms with Crippen molar-refractivity contribution >= 4 is 15.9 Å². The zero-order valence-corrected chi connectivity index (χ0v) is 10.8. The first-order chi connectivity index (χ1) is 8.43. The second-order valence-corrected chi connectivity index (χ2v) is 7.46. The molecule has 98 valence electrons. The Balaban J connectivity index is 1.77. The van der Waals surface area contributed by atoms with Crippen molar-refractivity contribution in [1.29, 1.82) is 0 Å². The maximum absolute atomic E-state index is 12.1. The molecule has 0 aromatic heterocycles. The van der Waals surface area contributed by atoms with Crippen LogP contribution in [0.5, 0.6) is 0 Å². The van der Waals surface area contributed by atoms with Crippen molar-refractivity contribution in [2.24, 2.45) is 17.6 Å². The Labute approximate surface area is 107 Å². The minimum Gasteiger partial charge on any atom is -0.307 e. The van der Waals surface area contributed by atoms with Gasteiger partial charge in [-0.1, -0.05) is 5.92 Å². The minimum atomic E-state index is -3.54. The number of amides is 1. The van der Waals surface area contributed by atoms with Crippen LogP contribution >= 0.6 is 0 Å². The number of nitrogens with two attached hydrogens (primary N) is 1. The van der Waals surface area contributed by atoms with Crippen molar-refractivity contribution in [2.45, 2.75) is 42.9 Å². The molecule has 1 amide bonds. The van der Waals surface area contributed by atoms with Crippen molar-refractivity contribution in [3.05, 3.63) is 0 Å². The number of sulfonamides is 1. The SMILES string of the molecule is N[C@]1(C(=O)NS(=O)(=O)C2CC2)C#CC[C@H]1C1CC1. The molecular weight excluding hydrogens is 252 g/mol. The summed E-state index contributed by atoms with van der Waals surface area (Å²) in [5.74, 6) is 5.32. The highest BCUT2D eigenvalue weighted by Crippen LogP contribution is 2.44. The maximum atomic E-state index is 12.1. The van der Waals surface area contributed by atoms with Crippen LogP contribution in [0, 0.1) is 23.7 Å². The summed E-state index contributed by atoms with van der Waals surface area (Å²) < 4.78 is 25.6. The summed E-state index contributed by atoms with van der Waals surface area (Å²) in [5.41, 5.74) is 4.75. The normalized spacial score (nSPS) is 34.8. The first-order valence-corrected chi connectivity index (χ1v) is 7.83. The molecule has 0 unspecified atom stereocenters. The third-order valence-electron chi connectivity index (χ3n) is 3.97. The predicted octanol–water partition coefficient (Wildman–Crippen LogP) is -0.274. The second-order valence-electron chi connectivity index (χ2n) is 5.49. The van der Waals surface area contributed by atoms with Gasteiger partial charge in [0.1, 0.15) is 0 Å². The highest BCUT2D eigenvalue weighted by molar-refractivity contribution is 7.90. The molecule has 2 saturated carbocycles. The van der Waals surface area contributed by atoms with Crippen LogP contribution in [0.1, 0.15) is 32.1 Å². The van der Waals surface area contributed by atoms with Crippen molar-refractivity contribution in [1.82, 2.24) is 4.72 Å². The van der Waals surface area contributed by atoms with Crippen molar-refractivity contribution in [2.75, 3.05) is 0 Å². The summed E-state index contributed by atoms with van der Waals surface area (Å²) in [7, 11) is -3.54. The fraction of sp³-hybridized carbons (Fsp3) is 0.750. The van der Waals surface area contributed by atoms with E-state index in [4.69, 9.17) is 5.73 Å². The van der Waals surface area contributed by atoms with Crippen LogP contribution in [0.4, 0.5) is 0 Å². The van der Waals surface area contributed by atoms with Crippen LogP contribution in [0.15, 0.2) is 0 Å². The summed E-state index contributed by atoms with van der Waals surface area (Å²) in [6.07, 6.45) is 3.94. The molecule has 3 aliphatic rings. The molecule has 3 aliphatic carbocycles. The smallest absolute Gasteiger partial charge is 0.266 e. The molecule has 0 aliphatic heterocycles. The topological polar surface area (TPSA) is 89.3 Å². The predicted molar refractivity (Wildman–Crippen MR) is 65.6 cm³/mol. The molecule has 0 saturated heterocycles. The van der Waals surface area contributed by atoms with Gasteiger partial charge in [-0.3, -0.25) is 9.52 Å². The molecule has 3 rings (SSSR count). The van der Waals surface area contributed by atoms with E-state index in [9.17, 15) is 13.2 Å². The van der Waals surface area contributed by atoms with Crippen LogP contribution in [-0.4, -0.2) is 25.1 Å². The van der Waals surface area contributed by atoms with Gasteiger partial charge in [-0.2, -0.15) is 0 Å². The Morgan fingerprint density at radius 3 is 2.50 bits per heavy atom. The summed E-state index contributed by atoms with van der Waals surface area (Å²) >= 11 is 0. The maximum Gasteiger partial charge on any atom is 0.266 e. The van der Waals surface area contributed by atoms with Gasteiger partial charge < -0.3 is 5.73 Å². The van der Waals surface area contributed by atoms with Gasteiger partial charge in [0.2, 0.25) is 10.0 Å². The third-order valence-corrected chi connectivity index (χ3v) is 5.79. The molecule has 0 aromatic carbocycles. The number of hydrogen-bond acceptors (Lipinski definition) is 4. The standard InChI is InChI=1S/C12H16N2O3S/c13-12(7-1-2-10(12)8-3-4-8)11(15)14-18(16,17)9-5-6-9/h8-10H,2-6,13H2,(H,14,15)/t10-,12+/m0/s1. The molecule has 2 fully saturated rings. The molecule has 18 heavy (non-hydrogen) atoms. The van der Waals surface area contributed by atoms with Gasteiger partial charge >= 0.3 is 0 Å². The van der Waals surface area contributed by atoms with Gasteiger partial charge in [-0.15, -0.1) is 5.92 Å². The van der Waals surface area contributed by atoms with Gasteiger partial charge in [0.25, 0.3) is 5.91 Å². The fourth-order valence-electron chi connectivity index (χ4n) is 2.50. The number of hydrogen-bond donors (Lipinski definition) is 2. The molecule has 2 atom stereocenters. The Morgan fingerprint density at radius 2 is 1.94 bits per heavy atom. The number of carbonyl (C=O) groups is 1. The summed E-state index contributed by atoms with van der Waals surface area (Å²) in [5, 5.41) is -0.418. The van der Waals surface area contributed by atoms with Crippen molar-refractivity contribution in [3.8, 4) is 11.8 Å². The van der Waals surface area contributed by atoms with Crippen molar-refractivity contribution in [3.63, 3.8) is 0 Å². The Kier molecular flexibility index (Phi) is 2.48. The van der Waals surface area contributed by atoms with E-state index in [0.29, 0.717) is 25.2 Å². The van der Waals surface area contributed by atoms with E-state index < -0.39 is 26.7 Å². The summed E-state index contributed by atoms with van der Waals surface area (Å²) in [6.45, 7) is 0. The van der Waals surface area contributed by atoms with Gasteiger partial charge in [-0.05, 0) is 31.6 Å². The van der Waals surface area contributed by atoms with Crippen LogP contribution < -0.4 is 10.5 Å². The van der Waals surface area contributed by atoms with Gasteiger partial charge in [-0.25, -0.2) is 8.42 Å². The van der Waals surface area contributed by atoms with E-state index in [-0.39, 0.29) is 5.92 Å². The lowest BCUT2D eigenvalue weighted by Crippen LogP contribution is -2.58. The van der Waals surface area contributed by atoms with Crippen LogP contribution in [0.2, 0.25) is 0 Å². The zero-order valence-electron chi connectivity index (χ0n) is 9.98. The second kappa shape index (κ2) is 3.72. The summed E-state index contributed by atoms with van der Waals surface area (Å²) in [6, 6.07) is 0. The Hall–Kier alpha value is -1.06. The first kappa shape index (κ1) is 12.0. The van der Waals surface area contributed by atoms with Gasteiger partial charge in [0.05, 0.1) is 5.25 Å². The molecule has 6 heteroatoms. The van der Waals surface area contributed by atoms with E-state index in [1.54, 1.807) is 0 Å². The van der Waals surface area contributed by atoms with Crippen molar-refractivity contribution < 1.29 is 13.2 Å². The quantitative estimate of drug-likeness (QED) is 0.687. The Bertz CT molecular complexity index is 552. The average molecular weight is 268 g/mol. The van der Waals surface area contributed by atoms with Gasteiger partial charge in [0, 0.05) is 12.3 Å². The first-order valence-electron chi connectivity index (χ1n) is 6.28. The van der Waals surface area contributed by atoms with E-state index in [2.05, 4.69) is 16.6 Å². The lowest BCUT2D eigenvalue weighted by molar-refractivity contribution is -0.124. The molecule has 5 nitrogen and oxygen atoms in total. The zero-order chi connectivity index (χ0) is 13.0. The van der Waals surface area contributed by atoms with E-state index in [1.165, 1.54) is 0 Å². The van der Waals surface area contributed by atoms with Crippen LogP contribution in [0.25, 0.3) is 0 Å². The fourth-order valence-corrected chi connectivity index (χ4v) is 3.85. The molecule has 0 radical (unpaired) electrons. The van der Waals surface area contributed by atoms with Crippen LogP contribution in [0.3, 0.4) is 0 Å². The molecule has 0 aromatic rings. The monoisotopic (exact) mass is 268 g/mol. The number of carbonyl (C=O) groups excluding carboxylic acids is 1. The summed E-state index contributed by atoms with van der Waals surface area (Å²) in [4.78, 5) is 12.1. The molecule has 0 spiro atoms. The molecule has 0 heterocycles. The van der Waals surface area contributed by atoms with E-state index in [1.807, 2.05) is 0 Å². The van der Waals surface area contributed by atoms with Gasteiger partial charge in [0.15, 0.2) is 5.54 Å². The molecule has 3 N–H and O–H groups in total. The highest BCUT2D eigenvalue weighted by Gasteiger charge is 2.51. The number of nitrogens with one attached hydrogen (secondary N) is 1. The molecule has 0 bridgehead atoms. The minimum absolute atomic E-state index is 0.0492. The highest BCUT2D eigenvalue weighted by atomic mass is 32.2. The molecular formula is C12H16N2O3S. The average Bonchev–Trinajstić information content (AvgIpc) is 3.16.